The largest absolute Gasteiger partial charge is 0.490 e. The highest BCUT2D eigenvalue weighted by Gasteiger charge is 2.51. The van der Waals surface area contributed by atoms with E-state index in [0.717, 1.165) is 31.5 Å². The molecule has 1 unspecified atom stereocenters. The first-order valence-corrected chi connectivity index (χ1v) is 11.5. The number of carboxylic acid groups (broad SMARTS) is 1. The van der Waals surface area contributed by atoms with Crippen molar-refractivity contribution in [3.63, 3.8) is 0 Å². The Morgan fingerprint density at radius 2 is 1.51 bits per heavy atom. The number of alkyl halides is 3. The van der Waals surface area contributed by atoms with Crippen LogP contribution in [0.2, 0.25) is 0 Å². The summed E-state index contributed by atoms with van der Waals surface area (Å²) in [5, 5.41) is 13.0. The first kappa shape index (κ1) is 28.0. The molecule has 1 spiro atoms. The number of carbonyl (C=O) groups excluding carboxylic acids is 2. The summed E-state index contributed by atoms with van der Waals surface area (Å²) in [7, 11) is 0. The molecule has 2 aromatic carbocycles. The van der Waals surface area contributed by atoms with Crippen molar-refractivity contribution in [3.05, 3.63) is 71.3 Å². The molecule has 7 nitrogen and oxygen atoms in total. The van der Waals surface area contributed by atoms with Gasteiger partial charge in [-0.2, -0.15) is 13.2 Å². The molecular formula is C25H26F5N3O4. The number of likely N-dealkylation sites (tertiary alicyclic amines) is 1. The summed E-state index contributed by atoms with van der Waals surface area (Å²) in [4.78, 5) is 36.0. The van der Waals surface area contributed by atoms with Crippen LogP contribution >= 0.6 is 0 Å². The van der Waals surface area contributed by atoms with Crippen LogP contribution in [0.15, 0.2) is 48.5 Å². The lowest BCUT2D eigenvalue weighted by Gasteiger charge is -2.41. The first-order valence-electron chi connectivity index (χ1n) is 11.5. The average Bonchev–Trinajstić information content (AvgIpc) is 3.16. The van der Waals surface area contributed by atoms with E-state index in [1.165, 1.54) is 36.4 Å². The lowest BCUT2D eigenvalue weighted by molar-refractivity contribution is -0.192. The van der Waals surface area contributed by atoms with E-state index in [0.29, 0.717) is 25.2 Å². The fraction of sp³-hybridized carbons (Fsp3) is 0.400. The lowest BCUT2D eigenvalue weighted by Crippen LogP contribution is -2.47. The van der Waals surface area contributed by atoms with Crippen LogP contribution in [0.4, 0.5) is 22.0 Å². The molecule has 2 heterocycles. The fourth-order valence-electron chi connectivity index (χ4n) is 4.64. The molecule has 0 saturated carbocycles. The molecule has 37 heavy (non-hydrogen) atoms. The molecule has 200 valence electrons. The Balaban J connectivity index is 0.000000479. The Morgan fingerprint density at radius 3 is 2.03 bits per heavy atom. The van der Waals surface area contributed by atoms with Gasteiger partial charge < -0.3 is 20.6 Å². The van der Waals surface area contributed by atoms with Gasteiger partial charge in [0, 0.05) is 31.1 Å². The van der Waals surface area contributed by atoms with Crippen LogP contribution in [0.1, 0.15) is 34.7 Å². The second kappa shape index (κ2) is 11.7. The number of hydrogen-bond acceptors (Lipinski definition) is 4. The van der Waals surface area contributed by atoms with Crippen LogP contribution in [0.5, 0.6) is 0 Å². The molecule has 2 amide bonds. The minimum absolute atomic E-state index is 0.0472. The van der Waals surface area contributed by atoms with E-state index < -0.39 is 17.6 Å². The molecule has 0 aromatic heterocycles. The number of carbonyl (C=O) groups is 3. The number of nitrogens with one attached hydrogen (secondary N) is 2. The molecule has 2 saturated heterocycles. The second-order valence-electron chi connectivity index (χ2n) is 8.88. The number of rotatable bonds is 5. The summed E-state index contributed by atoms with van der Waals surface area (Å²) in [6.07, 6.45) is -3.63. The number of benzene rings is 2. The van der Waals surface area contributed by atoms with Gasteiger partial charge in [0.1, 0.15) is 11.6 Å². The predicted molar refractivity (Wildman–Crippen MR) is 123 cm³/mol. The number of hydrogen-bond donors (Lipinski definition) is 3. The number of aliphatic carboxylic acids is 1. The van der Waals surface area contributed by atoms with Crippen LogP contribution in [-0.4, -0.2) is 66.7 Å². The predicted octanol–water partition coefficient (Wildman–Crippen LogP) is 3.32. The Morgan fingerprint density at radius 1 is 1.00 bits per heavy atom. The number of amides is 2. The second-order valence-corrected chi connectivity index (χ2v) is 8.88. The lowest BCUT2D eigenvalue weighted by atomic mass is 9.68. The summed E-state index contributed by atoms with van der Waals surface area (Å²) in [6.45, 7) is 3.27. The minimum Gasteiger partial charge on any atom is -0.475 e. The van der Waals surface area contributed by atoms with Crippen LogP contribution in [0.25, 0.3) is 0 Å². The van der Waals surface area contributed by atoms with Gasteiger partial charge in [0.05, 0.1) is 5.41 Å². The van der Waals surface area contributed by atoms with Gasteiger partial charge in [-0.3, -0.25) is 9.59 Å². The average molecular weight is 527 g/mol. The summed E-state index contributed by atoms with van der Waals surface area (Å²) in [6, 6.07) is 11.9. The van der Waals surface area contributed by atoms with Gasteiger partial charge >= 0.3 is 12.1 Å². The maximum atomic E-state index is 13.3. The van der Waals surface area contributed by atoms with Gasteiger partial charge in [-0.25, -0.2) is 13.6 Å². The molecule has 12 heteroatoms. The van der Waals surface area contributed by atoms with E-state index in [1.807, 2.05) is 0 Å². The third-order valence-corrected chi connectivity index (χ3v) is 6.67. The van der Waals surface area contributed by atoms with Gasteiger partial charge in [0.25, 0.3) is 5.91 Å². The Hall–Kier alpha value is -3.54. The SMILES string of the molecule is O=C(NCCN1CCC2(CC1)C(=O)NCC2c1ccc(F)cc1)c1ccc(F)cc1.O=C(O)C(F)(F)F. The van der Waals surface area contributed by atoms with Gasteiger partial charge in [0.15, 0.2) is 0 Å². The number of halogens is 5. The molecule has 0 radical (unpaired) electrons. The van der Waals surface area contributed by atoms with Crippen molar-refractivity contribution in [3.8, 4) is 0 Å². The molecule has 2 aliphatic heterocycles. The topological polar surface area (TPSA) is 98.7 Å². The van der Waals surface area contributed by atoms with Gasteiger partial charge in [0.2, 0.25) is 5.91 Å². The smallest absolute Gasteiger partial charge is 0.475 e. The highest BCUT2D eigenvalue weighted by molar-refractivity contribution is 5.94. The summed E-state index contributed by atoms with van der Waals surface area (Å²) < 4.78 is 58.0. The van der Waals surface area contributed by atoms with Crippen LogP contribution < -0.4 is 10.6 Å². The van der Waals surface area contributed by atoms with Crippen molar-refractivity contribution in [2.45, 2.75) is 24.9 Å². The minimum atomic E-state index is -5.08. The van der Waals surface area contributed by atoms with Crippen LogP contribution in [0, 0.1) is 17.0 Å². The monoisotopic (exact) mass is 527 g/mol. The normalized spacial score (nSPS) is 19.1. The third kappa shape index (κ3) is 7.03. The number of piperidine rings is 1. The maximum absolute atomic E-state index is 13.3. The van der Waals surface area contributed by atoms with Crippen molar-refractivity contribution in [1.29, 1.82) is 0 Å². The van der Waals surface area contributed by atoms with Crippen LogP contribution in [-0.2, 0) is 9.59 Å². The fourth-order valence-corrected chi connectivity index (χ4v) is 4.64. The highest BCUT2D eigenvalue weighted by atomic mass is 19.4. The van der Waals surface area contributed by atoms with E-state index in [9.17, 15) is 31.5 Å². The Kier molecular flexibility index (Phi) is 8.85. The zero-order chi connectivity index (χ0) is 27.2. The van der Waals surface area contributed by atoms with E-state index in [1.54, 1.807) is 12.1 Å². The van der Waals surface area contributed by atoms with Crippen LogP contribution in [0.3, 0.4) is 0 Å². The van der Waals surface area contributed by atoms with Crippen molar-refractivity contribution in [1.82, 2.24) is 15.5 Å². The Bertz CT molecular complexity index is 1100. The summed E-state index contributed by atoms with van der Waals surface area (Å²) >= 11 is 0. The molecule has 4 rings (SSSR count). The molecule has 1 atom stereocenters. The standard InChI is InChI=1S/C23H25F2N3O2.C2HF3O2/c24-18-5-1-16(2-6-18)20-15-27-22(30)23(20)9-12-28(13-10-23)14-11-26-21(29)17-3-7-19(25)8-4-17;3-2(4,5)1(6)7/h1-8,20H,9-15H2,(H,26,29)(H,27,30);(H,6,7). The quantitative estimate of drug-likeness (QED) is 0.519. The third-order valence-electron chi connectivity index (χ3n) is 6.67. The zero-order valence-corrected chi connectivity index (χ0v) is 19.7. The van der Waals surface area contributed by atoms with E-state index in [-0.39, 0.29) is 29.4 Å². The molecule has 0 aliphatic carbocycles. The summed E-state index contributed by atoms with van der Waals surface area (Å²) in [5.74, 6) is -3.50. The zero-order valence-electron chi connectivity index (χ0n) is 19.7. The highest BCUT2D eigenvalue weighted by Crippen LogP contribution is 2.47. The van der Waals surface area contributed by atoms with Gasteiger partial charge in [-0.15, -0.1) is 0 Å². The van der Waals surface area contributed by atoms with Gasteiger partial charge in [-0.1, -0.05) is 12.1 Å². The molecule has 0 bridgehead atoms. The van der Waals surface area contributed by atoms with Crippen molar-refractivity contribution in [2.75, 3.05) is 32.7 Å². The molecular weight excluding hydrogens is 501 g/mol. The first-order chi connectivity index (χ1) is 17.4. The molecule has 2 aliphatic rings. The molecule has 2 fully saturated rings. The molecule has 3 N–H and O–H groups in total. The molecule has 2 aromatic rings. The van der Waals surface area contributed by atoms with E-state index in [2.05, 4.69) is 15.5 Å². The van der Waals surface area contributed by atoms with E-state index >= 15 is 0 Å². The Labute approximate surface area is 209 Å². The van der Waals surface area contributed by atoms with Crippen molar-refractivity contribution in [2.24, 2.45) is 5.41 Å². The summed E-state index contributed by atoms with van der Waals surface area (Å²) in [5.41, 5.74) is 0.972. The van der Waals surface area contributed by atoms with Crippen molar-refractivity contribution < 1.29 is 41.4 Å². The van der Waals surface area contributed by atoms with Crippen molar-refractivity contribution >= 4 is 17.8 Å². The van der Waals surface area contributed by atoms with Gasteiger partial charge in [-0.05, 0) is 67.9 Å². The number of carboxylic acids is 1. The maximum Gasteiger partial charge on any atom is 0.490 e. The number of nitrogens with zero attached hydrogens (tertiary/aromatic N) is 1. The van der Waals surface area contributed by atoms with E-state index in [4.69, 9.17) is 9.90 Å².